The highest BCUT2D eigenvalue weighted by Crippen LogP contribution is 2.36. The van der Waals surface area contributed by atoms with Gasteiger partial charge in [-0.05, 0) is 35.7 Å². The Kier molecular flexibility index (Phi) is 7.48. The number of carbonyl (C=O) groups is 1. The van der Waals surface area contributed by atoms with Gasteiger partial charge in [-0.1, -0.05) is 36.4 Å². The molecule has 0 saturated carbocycles. The molecule has 0 fully saturated rings. The lowest BCUT2D eigenvalue weighted by Gasteiger charge is -2.14. The smallest absolute Gasteiger partial charge is 0.347 e. The van der Waals surface area contributed by atoms with Gasteiger partial charge in [-0.2, -0.15) is 13.2 Å². The Balaban J connectivity index is 1.65. The van der Waals surface area contributed by atoms with Crippen LogP contribution in [0.3, 0.4) is 0 Å². The van der Waals surface area contributed by atoms with Crippen molar-refractivity contribution in [2.75, 3.05) is 11.5 Å². The summed E-state index contributed by atoms with van der Waals surface area (Å²) >= 11 is 2.40. The second kappa shape index (κ2) is 10.4. The van der Waals surface area contributed by atoms with Crippen LogP contribution in [0, 0.1) is 0 Å². The molecule has 4 rings (SSSR count). The van der Waals surface area contributed by atoms with E-state index in [9.17, 15) is 26.4 Å². The van der Waals surface area contributed by atoms with E-state index >= 15 is 0 Å². The number of sulfone groups is 1. The van der Waals surface area contributed by atoms with Gasteiger partial charge in [0.25, 0.3) is 5.91 Å². The molecule has 182 valence electrons. The van der Waals surface area contributed by atoms with Crippen LogP contribution in [0.2, 0.25) is 0 Å². The van der Waals surface area contributed by atoms with E-state index in [1.807, 2.05) is 17.5 Å². The number of benzene rings is 2. The van der Waals surface area contributed by atoms with Crippen molar-refractivity contribution in [3.05, 3.63) is 88.1 Å². The number of fused-ring (bicyclic) bond motifs is 1. The number of alkyl halides is 3. The van der Waals surface area contributed by atoms with Crippen LogP contribution >= 0.6 is 23.1 Å². The van der Waals surface area contributed by atoms with Crippen molar-refractivity contribution < 1.29 is 26.4 Å². The fourth-order valence-electron chi connectivity index (χ4n) is 3.35. The first kappa shape index (κ1) is 25.2. The number of thioether (sulfide) groups is 1. The van der Waals surface area contributed by atoms with Gasteiger partial charge in [-0.25, -0.2) is 13.4 Å². The summed E-state index contributed by atoms with van der Waals surface area (Å²) in [6, 6.07) is 16.6. The minimum absolute atomic E-state index is 0.00905. The van der Waals surface area contributed by atoms with Crippen molar-refractivity contribution in [3.8, 4) is 0 Å². The van der Waals surface area contributed by atoms with Gasteiger partial charge in [0.1, 0.15) is 5.03 Å². The topological polar surface area (TPSA) is 76.1 Å². The predicted molar refractivity (Wildman–Crippen MR) is 131 cm³/mol. The second-order valence-electron chi connectivity index (χ2n) is 7.46. The third-order valence-electron chi connectivity index (χ3n) is 5.06. The highest BCUT2D eigenvalue weighted by atomic mass is 32.2. The molecule has 0 atom stereocenters. The van der Waals surface area contributed by atoms with E-state index in [-0.39, 0.29) is 44.4 Å². The zero-order valence-electron chi connectivity index (χ0n) is 18.1. The van der Waals surface area contributed by atoms with Crippen molar-refractivity contribution in [2.45, 2.75) is 22.6 Å². The van der Waals surface area contributed by atoms with E-state index in [1.54, 1.807) is 18.2 Å². The number of thiophene rings is 1. The number of halogens is 3. The Hall–Kier alpha value is -2.89. The molecule has 0 radical (unpaired) electrons. The minimum Gasteiger partial charge on any atom is -0.347 e. The monoisotopic (exact) mass is 536 g/mol. The zero-order valence-corrected chi connectivity index (χ0v) is 20.5. The maximum Gasteiger partial charge on any atom is 0.418 e. The number of hydrogen-bond donors (Lipinski definition) is 1. The summed E-state index contributed by atoms with van der Waals surface area (Å²) in [5.74, 6) is -0.758. The standard InChI is InChI=1S/C24H19F3N2O3S3/c25-24(26,27)20-10-4-6-16-14-19(22(30)28-15-17-7-5-11-33-17)23(29-21(16)20)34-12-13-35(31,32)18-8-2-1-3-9-18/h1-11,14H,12-13,15H2,(H,28,30). The Morgan fingerprint density at radius 2 is 1.80 bits per heavy atom. The van der Waals surface area contributed by atoms with Crippen LogP contribution in [-0.4, -0.2) is 30.8 Å². The van der Waals surface area contributed by atoms with Crippen molar-refractivity contribution >= 4 is 49.7 Å². The van der Waals surface area contributed by atoms with E-state index in [1.165, 1.54) is 41.7 Å². The van der Waals surface area contributed by atoms with Gasteiger partial charge in [-0.3, -0.25) is 4.79 Å². The van der Waals surface area contributed by atoms with E-state index in [0.717, 1.165) is 22.7 Å². The molecule has 1 amide bonds. The molecule has 0 aliphatic rings. The largest absolute Gasteiger partial charge is 0.418 e. The molecule has 0 unspecified atom stereocenters. The van der Waals surface area contributed by atoms with E-state index in [0.29, 0.717) is 0 Å². The van der Waals surface area contributed by atoms with E-state index in [2.05, 4.69) is 10.3 Å². The molecule has 11 heteroatoms. The lowest BCUT2D eigenvalue weighted by atomic mass is 10.1. The molecule has 2 heterocycles. The summed E-state index contributed by atoms with van der Waals surface area (Å²) in [5, 5.41) is 4.84. The van der Waals surface area contributed by atoms with Crippen molar-refractivity contribution in [1.29, 1.82) is 0 Å². The zero-order chi connectivity index (χ0) is 25.1. The van der Waals surface area contributed by atoms with Crippen LogP contribution in [-0.2, 0) is 22.6 Å². The summed E-state index contributed by atoms with van der Waals surface area (Å²) in [7, 11) is -3.61. The van der Waals surface area contributed by atoms with Crippen LogP contribution in [0.1, 0.15) is 20.8 Å². The first-order chi connectivity index (χ1) is 16.6. The quantitative estimate of drug-likeness (QED) is 0.288. The lowest BCUT2D eigenvalue weighted by molar-refractivity contribution is -0.136. The molecule has 4 aromatic rings. The summed E-state index contributed by atoms with van der Waals surface area (Å²) in [5.41, 5.74) is -1.11. The van der Waals surface area contributed by atoms with Crippen molar-refractivity contribution in [2.24, 2.45) is 0 Å². The lowest BCUT2D eigenvalue weighted by Crippen LogP contribution is -2.23. The van der Waals surface area contributed by atoms with Gasteiger partial charge >= 0.3 is 6.18 Å². The Morgan fingerprint density at radius 3 is 2.49 bits per heavy atom. The average Bonchev–Trinajstić information content (AvgIpc) is 3.35. The van der Waals surface area contributed by atoms with Gasteiger partial charge in [0.2, 0.25) is 0 Å². The molecule has 2 aromatic carbocycles. The Bertz CT molecular complexity index is 1440. The Morgan fingerprint density at radius 1 is 1.03 bits per heavy atom. The van der Waals surface area contributed by atoms with Gasteiger partial charge in [-0.15, -0.1) is 23.1 Å². The molecule has 0 saturated heterocycles. The van der Waals surface area contributed by atoms with E-state index in [4.69, 9.17) is 0 Å². The normalized spacial score (nSPS) is 12.1. The van der Waals surface area contributed by atoms with Crippen LogP contribution in [0.4, 0.5) is 13.2 Å². The third kappa shape index (κ3) is 6.03. The molecule has 0 bridgehead atoms. The van der Waals surface area contributed by atoms with Crippen LogP contribution < -0.4 is 5.32 Å². The number of rotatable bonds is 8. The molecule has 5 nitrogen and oxygen atoms in total. The van der Waals surface area contributed by atoms with Crippen LogP contribution in [0.25, 0.3) is 10.9 Å². The number of hydrogen-bond acceptors (Lipinski definition) is 6. The molecule has 0 spiro atoms. The first-order valence-electron chi connectivity index (χ1n) is 10.4. The minimum atomic E-state index is -4.63. The number of aromatic nitrogens is 1. The third-order valence-corrected chi connectivity index (χ3v) is 8.92. The second-order valence-corrected chi connectivity index (χ2v) is 11.7. The summed E-state index contributed by atoms with van der Waals surface area (Å²) in [6.07, 6.45) is -4.63. The predicted octanol–water partition coefficient (Wildman–Crippen LogP) is 5.81. The van der Waals surface area contributed by atoms with E-state index < -0.39 is 27.5 Å². The van der Waals surface area contributed by atoms with Gasteiger partial charge in [0, 0.05) is 16.0 Å². The number of amides is 1. The molecule has 0 aliphatic carbocycles. The number of nitrogens with zero attached hydrogens (tertiary/aromatic N) is 1. The summed E-state index contributed by atoms with van der Waals surface area (Å²) in [6.45, 7) is 0.254. The number of nitrogens with one attached hydrogen (secondary N) is 1. The molecule has 2 aromatic heterocycles. The SMILES string of the molecule is O=C(NCc1cccs1)c1cc2cccc(C(F)(F)F)c2nc1SCCS(=O)(=O)c1ccccc1. The molecule has 35 heavy (non-hydrogen) atoms. The average molecular weight is 537 g/mol. The molecular weight excluding hydrogens is 517 g/mol. The van der Waals surface area contributed by atoms with Gasteiger partial charge in [0.05, 0.1) is 33.8 Å². The van der Waals surface area contributed by atoms with Gasteiger partial charge < -0.3 is 5.32 Å². The molecule has 1 N–H and O–H groups in total. The van der Waals surface area contributed by atoms with Crippen LogP contribution in [0.15, 0.2) is 82.0 Å². The van der Waals surface area contributed by atoms with Gasteiger partial charge in [0.15, 0.2) is 9.84 Å². The first-order valence-corrected chi connectivity index (χ1v) is 13.9. The maximum absolute atomic E-state index is 13.6. The molecular formula is C24H19F3N2O3S3. The fourth-order valence-corrected chi connectivity index (χ4v) is 6.67. The number of carbonyl (C=O) groups excluding carboxylic acids is 1. The highest BCUT2D eigenvalue weighted by Gasteiger charge is 2.33. The number of pyridine rings is 1. The van der Waals surface area contributed by atoms with Crippen molar-refractivity contribution in [1.82, 2.24) is 10.3 Å². The van der Waals surface area contributed by atoms with Crippen molar-refractivity contribution in [3.63, 3.8) is 0 Å². The Labute approximate surface area is 208 Å². The molecule has 0 aliphatic heterocycles. The summed E-state index contributed by atoms with van der Waals surface area (Å²) in [4.78, 5) is 18.2. The number of para-hydroxylation sites is 1. The maximum atomic E-state index is 13.6. The highest BCUT2D eigenvalue weighted by molar-refractivity contribution is 8.00. The van der Waals surface area contributed by atoms with Crippen LogP contribution in [0.5, 0.6) is 0 Å². The summed E-state index contributed by atoms with van der Waals surface area (Å²) < 4.78 is 66.0. The fraction of sp³-hybridized carbons (Fsp3) is 0.167.